The summed E-state index contributed by atoms with van der Waals surface area (Å²) >= 11 is 0. The third kappa shape index (κ3) is 3.05. The first-order valence-electron chi connectivity index (χ1n) is 3.98. The Morgan fingerprint density at radius 2 is 1.10 bits per heavy atom. The molecule has 0 aromatic carbocycles. The lowest BCUT2D eigenvalue weighted by Crippen LogP contribution is -2.67. The molecule has 2 nitrogen and oxygen atoms in total. The van der Waals surface area contributed by atoms with Crippen LogP contribution in [-0.2, 0) is 4.74 Å². The molecule has 0 spiro atoms. The Morgan fingerprint density at radius 1 is 0.750 bits per heavy atom. The lowest BCUT2D eigenvalue weighted by molar-refractivity contribution is -0.656. The van der Waals surface area contributed by atoms with Crippen molar-refractivity contribution < 1.29 is 62.5 Å². The van der Waals surface area contributed by atoms with E-state index in [2.05, 4.69) is 0 Å². The number of ether oxygens (including phenoxy) is 1. The SMILES string of the molecule is [O-]C(F)(F)C(F)(OC(F)(F)C(F)(F)C(F)F)C(F)(F)F. The molecule has 1 unspecified atom stereocenters. The van der Waals surface area contributed by atoms with Gasteiger partial charge in [-0.2, -0.15) is 35.1 Å². The van der Waals surface area contributed by atoms with Crippen molar-refractivity contribution in [3.8, 4) is 0 Å². The molecule has 0 saturated heterocycles. The smallest absolute Gasteiger partial charge is 0.453 e. The first-order valence-corrected chi connectivity index (χ1v) is 3.98. The van der Waals surface area contributed by atoms with Crippen molar-refractivity contribution in [1.82, 2.24) is 0 Å². The Balaban J connectivity index is 5.74. The van der Waals surface area contributed by atoms with Crippen molar-refractivity contribution in [1.29, 1.82) is 0 Å². The fraction of sp³-hybridized carbons (Fsp3) is 1.00. The van der Waals surface area contributed by atoms with Crippen molar-refractivity contribution in [2.24, 2.45) is 0 Å². The largest absolute Gasteiger partial charge is 0.794 e. The Hall–Kier alpha value is -0.920. The van der Waals surface area contributed by atoms with Crippen molar-refractivity contribution in [3.63, 3.8) is 0 Å². The highest BCUT2D eigenvalue weighted by molar-refractivity contribution is 4.89. The molecule has 14 heteroatoms. The zero-order valence-corrected chi connectivity index (χ0v) is 8.43. The quantitative estimate of drug-likeness (QED) is 0.725. The second-order valence-electron chi connectivity index (χ2n) is 3.15. The van der Waals surface area contributed by atoms with Crippen LogP contribution in [-0.4, -0.2) is 36.6 Å². The van der Waals surface area contributed by atoms with Crippen LogP contribution < -0.4 is 5.11 Å². The molecule has 0 heterocycles. The maximum Gasteiger partial charge on any atom is 0.453 e. The summed E-state index contributed by atoms with van der Waals surface area (Å²) in [4.78, 5) is 0. The highest BCUT2D eigenvalue weighted by Crippen LogP contribution is 2.50. The lowest BCUT2D eigenvalue weighted by Gasteiger charge is -2.40. The van der Waals surface area contributed by atoms with Crippen LogP contribution in [0, 0.1) is 0 Å². The summed E-state index contributed by atoms with van der Waals surface area (Å²) < 4.78 is 145. The van der Waals surface area contributed by atoms with Gasteiger partial charge in [-0.25, -0.2) is 17.6 Å². The van der Waals surface area contributed by atoms with Crippen LogP contribution in [0.4, 0.5) is 52.7 Å². The molecular formula is C6HF12O2-. The maximum atomic E-state index is 12.6. The average Bonchev–Trinajstić information content (AvgIpc) is 2.12. The van der Waals surface area contributed by atoms with Gasteiger partial charge in [0.05, 0.1) is 0 Å². The summed E-state index contributed by atoms with van der Waals surface area (Å²) in [6.07, 6.45) is -26.7. The van der Waals surface area contributed by atoms with E-state index in [1.165, 1.54) is 4.74 Å². The molecule has 0 N–H and O–H groups in total. The normalized spacial score (nSPS) is 18.3. The maximum absolute atomic E-state index is 12.6. The average molecular weight is 333 g/mol. The van der Waals surface area contributed by atoms with Crippen LogP contribution in [0.5, 0.6) is 0 Å². The number of hydrogen-bond acceptors (Lipinski definition) is 2. The summed E-state index contributed by atoms with van der Waals surface area (Å²) in [6, 6.07) is 0. The van der Waals surface area contributed by atoms with E-state index in [-0.39, 0.29) is 0 Å². The third-order valence-electron chi connectivity index (χ3n) is 1.67. The van der Waals surface area contributed by atoms with E-state index in [4.69, 9.17) is 0 Å². The Kier molecular flexibility index (Phi) is 4.60. The molecule has 122 valence electrons. The summed E-state index contributed by atoms with van der Waals surface area (Å²) in [5.41, 5.74) is 0. The van der Waals surface area contributed by atoms with Gasteiger partial charge in [-0.1, -0.05) is 0 Å². The summed E-state index contributed by atoms with van der Waals surface area (Å²) in [7, 11) is 0. The van der Waals surface area contributed by atoms with Gasteiger partial charge in [0.1, 0.15) is 0 Å². The fourth-order valence-electron chi connectivity index (χ4n) is 0.654. The molecule has 0 aliphatic carbocycles. The zero-order chi connectivity index (χ0) is 16.8. The van der Waals surface area contributed by atoms with Crippen LogP contribution in [0.15, 0.2) is 0 Å². The summed E-state index contributed by atoms with van der Waals surface area (Å²) in [5, 5.41) is 9.63. The molecule has 20 heavy (non-hydrogen) atoms. The van der Waals surface area contributed by atoms with Gasteiger partial charge in [-0.05, 0) is 0 Å². The molecule has 0 fully saturated rings. The Labute approximate surface area is 100 Å². The first kappa shape index (κ1) is 19.1. The molecule has 0 rings (SSSR count). The van der Waals surface area contributed by atoms with Crippen LogP contribution in [0.25, 0.3) is 0 Å². The monoisotopic (exact) mass is 333 g/mol. The van der Waals surface area contributed by atoms with Crippen LogP contribution in [0.3, 0.4) is 0 Å². The fourth-order valence-corrected chi connectivity index (χ4v) is 0.654. The number of alkyl halides is 12. The van der Waals surface area contributed by atoms with Crippen LogP contribution in [0.1, 0.15) is 0 Å². The minimum absolute atomic E-state index is 1.46. The number of hydrogen-bond donors (Lipinski definition) is 0. The minimum Gasteiger partial charge on any atom is -0.794 e. The van der Waals surface area contributed by atoms with Crippen molar-refractivity contribution in [2.45, 2.75) is 36.6 Å². The van der Waals surface area contributed by atoms with Gasteiger partial charge in [0, 0.05) is 0 Å². The Morgan fingerprint density at radius 3 is 1.30 bits per heavy atom. The molecule has 0 aliphatic heterocycles. The van der Waals surface area contributed by atoms with Gasteiger partial charge in [0.15, 0.2) is 0 Å². The molecule has 1 atom stereocenters. The summed E-state index contributed by atoms with van der Waals surface area (Å²) in [5.74, 6) is -13.9. The second-order valence-corrected chi connectivity index (χ2v) is 3.15. The van der Waals surface area contributed by atoms with E-state index < -0.39 is 36.6 Å². The zero-order valence-electron chi connectivity index (χ0n) is 8.43. The van der Waals surface area contributed by atoms with Crippen molar-refractivity contribution in [2.75, 3.05) is 0 Å². The molecule has 0 saturated carbocycles. The number of rotatable bonds is 5. The molecule has 0 amide bonds. The molecular weight excluding hydrogens is 332 g/mol. The third-order valence-corrected chi connectivity index (χ3v) is 1.67. The molecule has 0 radical (unpaired) electrons. The van der Waals surface area contributed by atoms with Gasteiger partial charge in [-0.3, -0.25) is 4.74 Å². The van der Waals surface area contributed by atoms with Crippen molar-refractivity contribution >= 4 is 0 Å². The van der Waals surface area contributed by atoms with E-state index >= 15 is 0 Å². The second kappa shape index (κ2) is 4.82. The predicted molar refractivity (Wildman–Crippen MR) is 31.8 cm³/mol. The minimum atomic E-state index is -7.21. The van der Waals surface area contributed by atoms with Gasteiger partial charge >= 0.3 is 30.5 Å². The van der Waals surface area contributed by atoms with Crippen LogP contribution in [0.2, 0.25) is 0 Å². The van der Waals surface area contributed by atoms with Gasteiger partial charge in [0.25, 0.3) is 6.11 Å². The molecule has 0 aromatic rings. The molecule has 0 bridgehead atoms. The van der Waals surface area contributed by atoms with Crippen LogP contribution >= 0.6 is 0 Å². The van der Waals surface area contributed by atoms with Crippen molar-refractivity contribution in [3.05, 3.63) is 0 Å². The van der Waals surface area contributed by atoms with Gasteiger partial charge in [0.2, 0.25) is 0 Å². The summed E-state index contributed by atoms with van der Waals surface area (Å²) in [6.45, 7) is 0. The van der Waals surface area contributed by atoms with E-state index in [1.54, 1.807) is 0 Å². The van der Waals surface area contributed by atoms with E-state index in [1.807, 2.05) is 0 Å². The van der Waals surface area contributed by atoms with E-state index in [0.29, 0.717) is 0 Å². The highest BCUT2D eigenvalue weighted by atomic mass is 19.4. The molecule has 0 aromatic heterocycles. The standard InChI is InChI=1S/C6HF12O2/c7-1(8)2(9,10)6(17,18)20-3(11,4(12,13)14)5(15,16)19/h1H/q-1. The first-order chi connectivity index (χ1) is 8.40. The molecule has 0 aliphatic rings. The van der Waals surface area contributed by atoms with Gasteiger partial charge in [-0.15, -0.1) is 0 Å². The lowest BCUT2D eigenvalue weighted by atomic mass is 10.2. The van der Waals surface area contributed by atoms with E-state index in [0.717, 1.165) is 0 Å². The van der Waals surface area contributed by atoms with Gasteiger partial charge < -0.3 is 5.11 Å². The highest BCUT2D eigenvalue weighted by Gasteiger charge is 2.76. The predicted octanol–water partition coefficient (Wildman–Crippen LogP) is 2.68. The number of halogens is 12. The van der Waals surface area contributed by atoms with E-state index in [9.17, 15) is 57.8 Å². The topological polar surface area (TPSA) is 32.3 Å². The Bertz CT molecular complexity index is 327.